The van der Waals surface area contributed by atoms with Gasteiger partial charge < -0.3 is 19.4 Å². The minimum Gasteiger partial charge on any atom is -0.619 e. The van der Waals surface area contributed by atoms with E-state index in [1.807, 2.05) is 0 Å². The molecule has 6 nitrogen and oxygen atoms in total. The van der Waals surface area contributed by atoms with Crippen molar-refractivity contribution in [1.82, 2.24) is 0 Å². The van der Waals surface area contributed by atoms with Gasteiger partial charge in [0, 0.05) is 21.9 Å². The third-order valence-electron chi connectivity index (χ3n) is 5.43. The molecule has 0 unspecified atom stereocenters. The molecule has 196 valence electrons. The van der Waals surface area contributed by atoms with Crippen LogP contribution in [-0.4, -0.2) is 18.5 Å². The van der Waals surface area contributed by atoms with Crippen LogP contribution in [0.15, 0.2) is 59.8 Å². The Morgan fingerprint density at radius 3 is 2.35 bits per heavy atom. The lowest BCUT2D eigenvalue weighted by Crippen LogP contribution is -2.25. The molecule has 1 aliphatic carbocycles. The molecule has 1 aromatic heterocycles. The van der Waals surface area contributed by atoms with Gasteiger partial charge in [-0.25, -0.2) is 4.79 Å². The van der Waals surface area contributed by atoms with Crippen LogP contribution in [-0.2, 0) is 11.2 Å². The zero-order chi connectivity index (χ0) is 26.5. The Hall–Kier alpha value is -2.46. The van der Waals surface area contributed by atoms with E-state index in [1.54, 1.807) is 24.3 Å². The van der Waals surface area contributed by atoms with E-state index in [1.165, 1.54) is 18.2 Å². The SMILES string of the molecule is O=C(O[C@@H](Cc1c(Cl)c[n+]([O-])cc1Cl)c1ccc(OC(F)F)c(OCC2CC2)c1)Sc1ccc(Cl)cc1. The van der Waals surface area contributed by atoms with E-state index in [2.05, 4.69) is 4.74 Å². The molecule has 1 fully saturated rings. The Labute approximate surface area is 231 Å². The maximum Gasteiger partial charge on any atom is 0.387 e. The summed E-state index contributed by atoms with van der Waals surface area (Å²) in [7, 11) is 0. The van der Waals surface area contributed by atoms with Gasteiger partial charge in [-0.2, -0.15) is 13.5 Å². The number of thioether (sulfide) groups is 1. The number of nitrogens with zero attached hydrogens (tertiary/aromatic N) is 1. The molecule has 0 aliphatic heterocycles. The van der Waals surface area contributed by atoms with E-state index in [-0.39, 0.29) is 28.0 Å². The minimum atomic E-state index is -3.04. The molecule has 0 N–H and O–H groups in total. The maximum absolute atomic E-state index is 13.0. The standard InChI is InChI=1S/C25H20Cl3F2NO5S/c26-16-4-6-17(7-5-16)37-25(32)36-22(10-18-19(27)11-31(33)12-20(18)28)15-3-8-21(35-24(29)30)23(9-15)34-13-14-1-2-14/h3-9,11-12,14,22,24H,1-2,10,13H2/t22-/m0/s1. The number of rotatable bonds is 10. The summed E-state index contributed by atoms with van der Waals surface area (Å²) in [5.74, 6) is 0.315. The van der Waals surface area contributed by atoms with E-state index in [0.29, 0.717) is 38.3 Å². The molecule has 1 saturated carbocycles. The molecule has 2 aromatic carbocycles. The van der Waals surface area contributed by atoms with Gasteiger partial charge in [0.1, 0.15) is 16.1 Å². The van der Waals surface area contributed by atoms with Crippen LogP contribution in [0.4, 0.5) is 13.6 Å². The number of benzene rings is 2. The highest BCUT2D eigenvalue weighted by molar-refractivity contribution is 8.13. The number of carbonyl (C=O) groups is 1. The van der Waals surface area contributed by atoms with Gasteiger partial charge in [-0.15, -0.1) is 0 Å². The summed E-state index contributed by atoms with van der Waals surface area (Å²) in [4.78, 5) is 13.5. The smallest absolute Gasteiger partial charge is 0.387 e. The van der Waals surface area contributed by atoms with Crippen LogP contribution in [0.5, 0.6) is 11.5 Å². The third kappa shape index (κ3) is 8.01. The summed E-state index contributed by atoms with van der Waals surface area (Å²) in [6, 6.07) is 10.9. The molecule has 0 amide bonds. The molecule has 0 bridgehead atoms. The van der Waals surface area contributed by atoms with Crippen molar-refractivity contribution in [3.8, 4) is 11.5 Å². The highest BCUT2D eigenvalue weighted by Gasteiger charge is 2.26. The minimum absolute atomic E-state index is 0.00252. The van der Waals surface area contributed by atoms with E-state index >= 15 is 0 Å². The third-order valence-corrected chi connectivity index (χ3v) is 7.10. The van der Waals surface area contributed by atoms with Crippen LogP contribution in [0.3, 0.4) is 0 Å². The topological polar surface area (TPSA) is 71.7 Å². The highest BCUT2D eigenvalue weighted by Crippen LogP contribution is 2.38. The van der Waals surface area contributed by atoms with Crippen molar-refractivity contribution in [1.29, 1.82) is 0 Å². The number of hydrogen-bond donors (Lipinski definition) is 0. The second-order valence-corrected chi connectivity index (χ2v) is 10.5. The predicted octanol–water partition coefficient (Wildman–Crippen LogP) is 7.88. The van der Waals surface area contributed by atoms with E-state index in [9.17, 15) is 18.8 Å². The molecule has 4 rings (SSSR count). The monoisotopic (exact) mass is 589 g/mol. The summed E-state index contributed by atoms with van der Waals surface area (Å²) in [5.41, 5.74) is 0.807. The molecule has 1 atom stereocenters. The average Bonchev–Trinajstić information content (AvgIpc) is 3.66. The number of pyridine rings is 1. The molecule has 0 saturated heterocycles. The Morgan fingerprint density at radius 2 is 1.73 bits per heavy atom. The highest BCUT2D eigenvalue weighted by atomic mass is 35.5. The van der Waals surface area contributed by atoms with Crippen LogP contribution >= 0.6 is 46.6 Å². The molecular formula is C25H20Cl3F2NO5S. The molecule has 12 heteroatoms. The van der Waals surface area contributed by atoms with Crippen molar-refractivity contribution in [3.05, 3.63) is 86.3 Å². The summed E-state index contributed by atoms with van der Waals surface area (Å²) >= 11 is 19.3. The number of halogens is 5. The van der Waals surface area contributed by atoms with Crippen molar-refractivity contribution in [2.75, 3.05) is 6.61 Å². The van der Waals surface area contributed by atoms with Gasteiger partial charge in [0.2, 0.25) is 0 Å². The van der Waals surface area contributed by atoms with E-state index < -0.39 is 18.0 Å². The lowest BCUT2D eigenvalue weighted by atomic mass is 10.0. The first-order valence-electron chi connectivity index (χ1n) is 11.1. The van der Waals surface area contributed by atoms with Crippen LogP contribution in [0, 0.1) is 11.1 Å². The molecular weight excluding hydrogens is 571 g/mol. The van der Waals surface area contributed by atoms with E-state index in [0.717, 1.165) is 37.0 Å². The first-order chi connectivity index (χ1) is 17.7. The second kappa shape index (κ2) is 12.4. The summed E-state index contributed by atoms with van der Waals surface area (Å²) in [5, 5.41) is 11.7. The molecule has 0 radical (unpaired) electrons. The Kier molecular flexibility index (Phi) is 9.23. The Morgan fingerprint density at radius 1 is 1.05 bits per heavy atom. The second-order valence-electron chi connectivity index (χ2n) is 8.25. The quantitative estimate of drug-likeness (QED) is 0.104. The Bertz CT molecular complexity index is 1240. The largest absolute Gasteiger partial charge is 0.619 e. The fourth-order valence-electron chi connectivity index (χ4n) is 3.40. The van der Waals surface area contributed by atoms with Gasteiger partial charge in [0.15, 0.2) is 23.9 Å². The van der Waals surface area contributed by atoms with Crippen molar-refractivity contribution in [2.45, 2.75) is 36.9 Å². The number of hydrogen-bond acceptors (Lipinski definition) is 6. The van der Waals surface area contributed by atoms with Crippen molar-refractivity contribution < 1.29 is 32.5 Å². The van der Waals surface area contributed by atoms with Gasteiger partial charge in [-0.3, -0.25) is 0 Å². The number of ether oxygens (including phenoxy) is 3. The summed E-state index contributed by atoms with van der Waals surface area (Å²) in [6.07, 6.45) is 3.31. The fraction of sp³-hybridized carbons (Fsp3) is 0.280. The van der Waals surface area contributed by atoms with Crippen molar-refractivity contribution in [3.63, 3.8) is 0 Å². The molecule has 3 aromatic rings. The van der Waals surface area contributed by atoms with Gasteiger partial charge in [-0.1, -0.05) is 40.9 Å². The summed E-state index contributed by atoms with van der Waals surface area (Å²) < 4.78 is 42.6. The lowest BCUT2D eigenvalue weighted by molar-refractivity contribution is -0.605. The lowest BCUT2D eigenvalue weighted by Gasteiger charge is -2.21. The van der Waals surface area contributed by atoms with Crippen LogP contribution in [0.2, 0.25) is 15.1 Å². The Balaban J connectivity index is 1.64. The van der Waals surface area contributed by atoms with Crippen molar-refractivity contribution >= 4 is 51.9 Å². The molecule has 1 aliphatic rings. The molecule has 37 heavy (non-hydrogen) atoms. The first-order valence-corrected chi connectivity index (χ1v) is 13.0. The van der Waals surface area contributed by atoms with Gasteiger partial charge in [0.05, 0.1) is 6.61 Å². The predicted molar refractivity (Wildman–Crippen MR) is 137 cm³/mol. The fourth-order valence-corrected chi connectivity index (χ4v) is 4.75. The van der Waals surface area contributed by atoms with Gasteiger partial charge in [0.25, 0.3) is 0 Å². The van der Waals surface area contributed by atoms with E-state index in [4.69, 9.17) is 44.3 Å². The van der Waals surface area contributed by atoms with Crippen LogP contribution in [0.1, 0.15) is 30.1 Å². The zero-order valence-corrected chi connectivity index (χ0v) is 22.1. The van der Waals surface area contributed by atoms with Gasteiger partial charge in [-0.05, 0) is 72.5 Å². The number of alkyl halides is 2. The maximum atomic E-state index is 13.0. The molecule has 1 heterocycles. The normalized spacial score (nSPS) is 13.9. The van der Waals surface area contributed by atoms with Crippen molar-refractivity contribution in [2.24, 2.45) is 5.92 Å². The van der Waals surface area contributed by atoms with Crippen LogP contribution < -0.4 is 14.2 Å². The van der Waals surface area contributed by atoms with Gasteiger partial charge >= 0.3 is 11.9 Å². The number of aromatic nitrogens is 1. The zero-order valence-electron chi connectivity index (χ0n) is 19.0. The first kappa shape index (κ1) is 27.6. The average molecular weight is 591 g/mol. The van der Waals surface area contributed by atoms with Crippen LogP contribution in [0.25, 0.3) is 0 Å². The summed E-state index contributed by atoms with van der Waals surface area (Å²) in [6.45, 7) is -2.70. The number of carbonyl (C=O) groups excluding carboxylic acids is 1. The molecule has 0 spiro atoms.